The number of esters is 1. The van der Waals surface area contributed by atoms with Crippen molar-refractivity contribution in [2.75, 3.05) is 26.0 Å². The highest BCUT2D eigenvalue weighted by Gasteiger charge is 2.33. The molecule has 0 bridgehead atoms. The van der Waals surface area contributed by atoms with Crippen LogP contribution in [0.2, 0.25) is 0 Å². The van der Waals surface area contributed by atoms with Crippen molar-refractivity contribution < 1.29 is 26.4 Å². The summed E-state index contributed by atoms with van der Waals surface area (Å²) in [7, 11) is -6.99. The lowest BCUT2D eigenvalue weighted by Crippen LogP contribution is -2.42. The van der Waals surface area contributed by atoms with Crippen LogP contribution in [0.5, 0.6) is 0 Å². The fraction of sp³-hybridized carbons (Fsp3) is 0.381. The fourth-order valence-electron chi connectivity index (χ4n) is 3.48. The Labute approximate surface area is 177 Å². The van der Waals surface area contributed by atoms with Gasteiger partial charge in [-0.3, -0.25) is 4.79 Å². The van der Waals surface area contributed by atoms with Gasteiger partial charge in [-0.05, 0) is 55.2 Å². The summed E-state index contributed by atoms with van der Waals surface area (Å²) < 4.78 is 55.6. The fourth-order valence-corrected chi connectivity index (χ4v) is 5.63. The second kappa shape index (κ2) is 8.87. The van der Waals surface area contributed by atoms with Crippen molar-refractivity contribution in [3.8, 4) is 11.1 Å². The summed E-state index contributed by atoms with van der Waals surface area (Å²) in [5.41, 5.74) is 1.56. The van der Waals surface area contributed by atoms with Crippen LogP contribution in [0.25, 0.3) is 11.1 Å². The molecular weight excluding hydrogens is 426 g/mol. The number of sulfone groups is 1. The Morgan fingerprint density at radius 3 is 2.00 bits per heavy atom. The average molecular weight is 452 g/mol. The molecule has 1 atom stereocenters. The molecule has 3 rings (SSSR count). The number of rotatable bonds is 6. The van der Waals surface area contributed by atoms with Crippen molar-refractivity contribution in [3.63, 3.8) is 0 Å². The van der Waals surface area contributed by atoms with Crippen LogP contribution >= 0.6 is 0 Å². The first-order valence-corrected chi connectivity index (χ1v) is 13.0. The predicted molar refractivity (Wildman–Crippen MR) is 113 cm³/mol. The molecule has 1 aliphatic heterocycles. The van der Waals surface area contributed by atoms with E-state index in [0.717, 1.165) is 17.4 Å². The smallest absolute Gasteiger partial charge is 0.310 e. The van der Waals surface area contributed by atoms with Crippen LogP contribution in [0, 0.1) is 5.92 Å². The highest BCUT2D eigenvalue weighted by molar-refractivity contribution is 7.90. The van der Waals surface area contributed by atoms with Crippen molar-refractivity contribution in [2.24, 2.45) is 5.92 Å². The summed E-state index contributed by atoms with van der Waals surface area (Å²) in [6.07, 6.45) is 2.37. The third-order valence-corrected chi connectivity index (χ3v) is 8.12. The lowest BCUT2D eigenvalue weighted by molar-refractivity contribution is -0.149. The third-order valence-electron chi connectivity index (χ3n) is 5.11. The molecule has 0 saturated carbocycles. The van der Waals surface area contributed by atoms with Gasteiger partial charge in [-0.15, -0.1) is 0 Å². The minimum absolute atomic E-state index is 0.121. The van der Waals surface area contributed by atoms with Crippen molar-refractivity contribution in [1.29, 1.82) is 0 Å². The van der Waals surface area contributed by atoms with Gasteiger partial charge in [0.05, 0.1) is 22.3 Å². The average Bonchev–Trinajstić information content (AvgIpc) is 2.73. The number of sulfonamides is 1. The largest absolute Gasteiger partial charge is 0.466 e. The van der Waals surface area contributed by atoms with Gasteiger partial charge in [0, 0.05) is 19.3 Å². The predicted octanol–water partition coefficient (Wildman–Crippen LogP) is 2.72. The minimum atomic E-state index is -3.72. The van der Waals surface area contributed by atoms with E-state index in [2.05, 4.69) is 0 Å². The molecule has 0 radical (unpaired) electrons. The maximum Gasteiger partial charge on any atom is 0.310 e. The van der Waals surface area contributed by atoms with Crippen LogP contribution in [-0.4, -0.2) is 53.1 Å². The highest BCUT2D eigenvalue weighted by atomic mass is 32.2. The SMILES string of the molecule is CCOC(=O)[C@@H]1CCCN(S(=O)(=O)c2ccc(-c3ccc(S(C)(=O)=O)cc3)cc2)C1. The zero-order chi connectivity index (χ0) is 21.9. The Bertz CT molecular complexity index is 1110. The summed E-state index contributed by atoms with van der Waals surface area (Å²) in [6.45, 7) is 2.49. The number of carbonyl (C=O) groups excluding carboxylic acids is 1. The van der Waals surface area contributed by atoms with Crippen molar-refractivity contribution >= 4 is 25.8 Å². The van der Waals surface area contributed by atoms with E-state index in [9.17, 15) is 21.6 Å². The lowest BCUT2D eigenvalue weighted by Gasteiger charge is -2.30. The summed E-state index contributed by atoms with van der Waals surface area (Å²) in [5.74, 6) is -0.800. The topological polar surface area (TPSA) is 97.8 Å². The van der Waals surface area contributed by atoms with Gasteiger partial charge in [0.2, 0.25) is 10.0 Å². The number of benzene rings is 2. The number of ether oxygens (including phenoxy) is 1. The van der Waals surface area contributed by atoms with E-state index in [0.29, 0.717) is 19.4 Å². The van der Waals surface area contributed by atoms with Gasteiger partial charge >= 0.3 is 5.97 Å². The summed E-state index contributed by atoms with van der Waals surface area (Å²) in [6, 6.07) is 12.9. The molecule has 0 aromatic heterocycles. The molecule has 0 aliphatic carbocycles. The van der Waals surface area contributed by atoms with Crippen LogP contribution in [0.15, 0.2) is 58.3 Å². The number of hydrogen-bond donors (Lipinski definition) is 0. The lowest BCUT2D eigenvalue weighted by atomic mass is 10.0. The maximum atomic E-state index is 13.0. The quantitative estimate of drug-likeness (QED) is 0.627. The zero-order valence-electron chi connectivity index (χ0n) is 16.9. The normalized spacial score (nSPS) is 18.1. The van der Waals surface area contributed by atoms with Crippen LogP contribution in [-0.2, 0) is 29.4 Å². The molecular formula is C21H25NO6S2. The van der Waals surface area contributed by atoms with Crippen LogP contribution in [0.1, 0.15) is 19.8 Å². The van der Waals surface area contributed by atoms with Gasteiger partial charge in [-0.2, -0.15) is 4.31 Å². The molecule has 0 N–H and O–H groups in total. The van der Waals surface area contributed by atoms with Gasteiger partial charge in [0.1, 0.15) is 0 Å². The highest BCUT2D eigenvalue weighted by Crippen LogP contribution is 2.27. The molecule has 0 amide bonds. The second-order valence-electron chi connectivity index (χ2n) is 7.28. The molecule has 0 spiro atoms. The van der Waals surface area contributed by atoms with Gasteiger partial charge < -0.3 is 4.74 Å². The number of carbonyl (C=O) groups is 1. The molecule has 0 unspecified atom stereocenters. The van der Waals surface area contributed by atoms with Crippen LogP contribution in [0.3, 0.4) is 0 Å². The zero-order valence-corrected chi connectivity index (χ0v) is 18.6. The molecule has 2 aromatic rings. The van der Waals surface area contributed by atoms with Crippen LogP contribution < -0.4 is 0 Å². The van der Waals surface area contributed by atoms with E-state index in [-0.39, 0.29) is 28.9 Å². The Hall–Kier alpha value is -2.23. The molecule has 1 saturated heterocycles. The molecule has 7 nitrogen and oxygen atoms in total. The van der Waals surface area contributed by atoms with Crippen molar-refractivity contribution in [3.05, 3.63) is 48.5 Å². The standard InChI is InChI=1S/C21H25NO6S2/c1-3-28-21(23)18-5-4-14-22(15-18)30(26,27)20-12-8-17(9-13-20)16-6-10-19(11-7-16)29(2,24)25/h6-13,18H,3-5,14-15H2,1-2H3/t18-/m1/s1. The molecule has 9 heteroatoms. The first-order valence-electron chi connectivity index (χ1n) is 9.70. The van der Waals surface area contributed by atoms with Gasteiger partial charge in [0.25, 0.3) is 0 Å². The first kappa shape index (κ1) is 22.5. The third kappa shape index (κ3) is 4.91. The number of nitrogens with zero attached hydrogens (tertiary/aromatic N) is 1. The van der Waals surface area contributed by atoms with Crippen molar-refractivity contribution in [2.45, 2.75) is 29.6 Å². The molecule has 1 aliphatic rings. The van der Waals surface area contributed by atoms with Gasteiger partial charge in [-0.25, -0.2) is 16.8 Å². The van der Waals surface area contributed by atoms with E-state index >= 15 is 0 Å². The summed E-state index contributed by atoms with van der Waals surface area (Å²) >= 11 is 0. The van der Waals surface area contributed by atoms with Gasteiger partial charge in [-0.1, -0.05) is 24.3 Å². The first-order chi connectivity index (χ1) is 14.1. The molecule has 1 fully saturated rings. The number of hydrogen-bond acceptors (Lipinski definition) is 6. The number of piperidine rings is 1. The molecule has 1 heterocycles. The van der Waals surface area contributed by atoms with E-state index < -0.39 is 25.8 Å². The summed E-state index contributed by atoms with van der Waals surface area (Å²) in [4.78, 5) is 12.4. The maximum absolute atomic E-state index is 13.0. The van der Waals surface area contributed by atoms with E-state index in [1.807, 2.05) is 0 Å². The van der Waals surface area contributed by atoms with E-state index in [4.69, 9.17) is 4.74 Å². The molecule has 30 heavy (non-hydrogen) atoms. The minimum Gasteiger partial charge on any atom is -0.466 e. The monoisotopic (exact) mass is 451 g/mol. The Kier molecular flexibility index (Phi) is 6.64. The van der Waals surface area contributed by atoms with Crippen LogP contribution in [0.4, 0.5) is 0 Å². The van der Waals surface area contributed by atoms with E-state index in [1.54, 1.807) is 31.2 Å². The van der Waals surface area contributed by atoms with Gasteiger partial charge in [0.15, 0.2) is 9.84 Å². The summed E-state index contributed by atoms with van der Waals surface area (Å²) in [5, 5.41) is 0. The Balaban J connectivity index is 1.78. The molecule has 162 valence electrons. The molecule has 2 aromatic carbocycles. The van der Waals surface area contributed by atoms with Crippen molar-refractivity contribution in [1.82, 2.24) is 4.31 Å². The second-order valence-corrected chi connectivity index (χ2v) is 11.2. The van der Waals surface area contributed by atoms with E-state index in [1.165, 1.54) is 28.6 Å². The Morgan fingerprint density at radius 1 is 0.967 bits per heavy atom. The Morgan fingerprint density at radius 2 is 1.50 bits per heavy atom.